The van der Waals surface area contributed by atoms with E-state index in [0.29, 0.717) is 19.6 Å². The van der Waals surface area contributed by atoms with Gasteiger partial charge in [0.1, 0.15) is 11.5 Å². The van der Waals surface area contributed by atoms with Crippen molar-refractivity contribution < 1.29 is 18.7 Å². The van der Waals surface area contributed by atoms with E-state index in [1.807, 2.05) is 42.5 Å². The van der Waals surface area contributed by atoms with Gasteiger partial charge in [0.25, 0.3) is 0 Å². The van der Waals surface area contributed by atoms with Gasteiger partial charge < -0.3 is 19.2 Å². The molecule has 0 amide bonds. The van der Waals surface area contributed by atoms with E-state index in [9.17, 15) is 4.79 Å². The molecule has 0 aliphatic rings. The maximum absolute atomic E-state index is 12.2. The standard InChI is InChI=1S/C28H43NO4Si/c1-22(30)20-25(29-24-16-11-12-17-26(24)31-5)27(32-21-23-14-9-8-10-15-23)18-13-19-33-34(6,7)28(2,3)4/h8-12,14-17,25,27,29H,13,18-21H2,1-7H3/t25-,27-/m0/s1. The van der Waals surface area contributed by atoms with Crippen LogP contribution in [0.1, 0.15) is 52.5 Å². The first-order valence-corrected chi connectivity index (χ1v) is 15.1. The molecule has 188 valence electrons. The predicted octanol–water partition coefficient (Wildman–Crippen LogP) is 6.84. The van der Waals surface area contributed by atoms with Crippen molar-refractivity contribution in [3.63, 3.8) is 0 Å². The van der Waals surface area contributed by atoms with Crippen LogP contribution in [0.15, 0.2) is 54.6 Å². The molecule has 0 saturated heterocycles. The number of hydrogen-bond acceptors (Lipinski definition) is 5. The van der Waals surface area contributed by atoms with Crippen LogP contribution in [-0.2, 0) is 20.6 Å². The Morgan fingerprint density at radius 1 is 1.03 bits per heavy atom. The summed E-state index contributed by atoms with van der Waals surface area (Å²) < 4.78 is 18.4. The summed E-state index contributed by atoms with van der Waals surface area (Å²) in [6.45, 7) is 14.1. The lowest BCUT2D eigenvalue weighted by Crippen LogP contribution is -2.41. The molecule has 6 heteroatoms. The van der Waals surface area contributed by atoms with E-state index in [0.717, 1.165) is 29.8 Å². The minimum atomic E-state index is -1.80. The summed E-state index contributed by atoms with van der Waals surface area (Å²) in [6, 6.07) is 17.8. The van der Waals surface area contributed by atoms with E-state index >= 15 is 0 Å². The van der Waals surface area contributed by atoms with Crippen LogP contribution >= 0.6 is 0 Å². The van der Waals surface area contributed by atoms with Gasteiger partial charge in [0.05, 0.1) is 31.5 Å². The van der Waals surface area contributed by atoms with Gasteiger partial charge in [-0.05, 0) is 55.6 Å². The number of para-hydroxylation sites is 2. The van der Waals surface area contributed by atoms with Crippen LogP contribution in [0.3, 0.4) is 0 Å². The molecule has 2 aromatic carbocycles. The first-order chi connectivity index (χ1) is 16.0. The van der Waals surface area contributed by atoms with Gasteiger partial charge in [-0.3, -0.25) is 4.79 Å². The Balaban J connectivity index is 2.16. The SMILES string of the molecule is COc1ccccc1N[C@@H](CC(C)=O)[C@H](CCCO[Si](C)(C)C(C)(C)C)OCc1ccccc1. The number of ether oxygens (including phenoxy) is 2. The highest BCUT2D eigenvalue weighted by Crippen LogP contribution is 2.36. The number of ketones is 1. The number of methoxy groups -OCH3 is 1. The fourth-order valence-corrected chi connectivity index (χ4v) is 4.64. The highest BCUT2D eigenvalue weighted by Gasteiger charge is 2.37. The van der Waals surface area contributed by atoms with Gasteiger partial charge in [-0.1, -0.05) is 63.2 Å². The van der Waals surface area contributed by atoms with Gasteiger partial charge in [-0.25, -0.2) is 0 Å². The number of carbonyl (C=O) groups is 1. The lowest BCUT2D eigenvalue weighted by Gasteiger charge is -2.36. The van der Waals surface area contributed by atoms with Crippen molar-refractivity contribution in [1.82, 2.24) is 0 Å². The number of rotatable bonds is 14. The van der Waals surface area contributed by atoms with Gasteiger partial charge in [0.15, 0.2) is 8.32 Å². The minimum Gasteiger partial charge on any atom is -0.495 e. The third-order valence-electron chi connectivity index (χ3n) is 6.61. The predicted molar refractivity (Wildman–Crippen MR) is 143 cm³/mol. The smallest absolute Gasteiger partial charge is 0.191 e. The molecule has 0 aromatic heterocycles. The van der Waals surface area contributed by atoms with Crippen LogP contribution < -0.4 is 10.1 Å². The Bertz CT molecular complexity index is 879. The summed E-state index contributed by atoms with van der Waals surface area (Å²) in [5.74, 6) is 0.873. The largest absolute Gasteiger partial charge is 0.495 e. The van der Waals surface area contributed by atoms with Crippen LogP contribution in [-0.4, -0.2) is 40.0 Å². The highest BCUT2D eigenvalue weighted by molar-refractivity contribution is 6.74. The third-order valence-corrected chi connectivity index (χ3v) is 11.2. The molecule has 2 atom stereocenters. The molecular weight excluding hydrogens is 442 g/mol. The average Bonchev–Trinajstić information content (AvgIpc) is 2.78. The number of nitrogens with one attached hydrogen (secondary N) is 1. The zero-order valence-corrected chi connectivity index (χ0v) is 23.0. The summed E-state index contributed by atoms with van der Waals surface area (Å²) >= 11 is 0. The van der Waals surface area contributed by atoms with E-state index < -0.39 is 8.32 Å². The van der Waals surface area contributed by atoms with Gasteiger partial charge in [0, 0.05) is 13.0 Å². The fourth-order valence-electron chi connectivity index (χ4n) is 3.56. The molecule has 34 heavy (non-hydrogen) atoms. The first kappa shape index (κ1) is 28.1. The third kappa shape index (κ3) is 8.89. The topological polar surface area (TPSA) is 56.8 Å². The number of anilines is 1. The Morgan fingerprint density at radius 3 is 2.29 bits per heavy atom. The molecule has 0 radical (unpaired) electrons. The van der Waals surface area contributed by atoms with Gasteiger partial charge >= 0.3 is 0 Å². The molecule has 0 aliphatic carbocycles. The lowest BCUT2D eigenvalue weighted by atomic mass is 10.00. The molecule has 5 nitrogen and oxygen atoms in total. The zero-order valence-electron chi connectivity index (χ0n) is 22.0. The number of hydrogen-bond donors (Lipinski definition) is 1. The molecule has 2 aromatic rings. The fraction of sp³-hybridized carbons (Fsp3) is 0.536. The Kier molecular flexibility index (Phi) is 10.8. The molecule has 0 saturated carbocycles. The van der Waals surface area contributed by atoms with Crippen molar-refractivity contribution in [2.45, 2.75) is 83.8 Å². The highest BCUT2D eigenvalue weighted by atomic mass is 28.4. The monoisotopic (exact) mass is 485 g/mol. The number of carbonyl (C=O) groups excluding carboxylic acids is 1. The maximum atomic E-state index is 12.2. The normalized spacial score (nSPS) is 13.9. The summed E-state index contributed by atoms with van der Waals surface area (Å²) in [4.78, 5) is 12.2. The van der Waals surface area contributed by atoms with Crippen LogP contribution in [0, 0.1) is 0 Å². The lowest BCUT2D eigenvalue weighted by molar-refractivity contribution is -0.118. The molecule has 0 unspecified atom stereocenters. The van der Waals surface area contributed by atoms with Crippen molar-refractivity contribution >= 4 is 19.8 Å². The molecule has 0 aliphatic heterocycles. The summed E-state index contributed by atoms with van der Waals surface area (Å²) in [7, 11) is -0.147. The van der Waals surface area contributed by atoms with E-state index in [1.54, 1.807) is 14.0 Å². The summed E-state index contributed by atoms with van der Waals surface area (Å²) in [6.07, 6.45) is 1.88. The second kappa shape index (κ2) is 13.1. The summed E-state index contributed by atoms with van der Waals surface area (Å²) in [5.41, 5.74) is 1.98. The molecule has 0 bridgehead atoms. The van der Waals surface area contributed by atoms with Crippen molar-refractivity contribution in [2.24, 2.45) is 0 Å². The molecular formula is C28H43NO4Si. The molecule has 2 rings (SSSR count). The van der Waals surface area contributed by atoms with Crippen molar-refractivity contribution in [2.75, 3.05) is 19.0 Å². The van der Waals surface area contributed by atoms with Crippen molar-refractivity contribution in [3.8, 4) is 5.75 Å². The Morgan fingerprint density at radius 2 is 1.68 bits per heavy atom. The van der Waals surface area contributed by atoms with Gasteiger partial charge in [-0.15, -0.1) is 0 Å². The van der Waals surface area contributed by atoms with E-state index in [1.165, 1.54) is 0 Å². The van der Waals surface area contributed by atoms with Crippen molar-refractivity contribution in [1.29, 1.82) is 0 Å². The number of benzene rings is 2. The summed E-state index contributed by atoms with van der Waals surface area (Å²) in [5, 5.41) is 3.72. The van der Waals surface area contributed by atoms with Crippen LogP contribution in [0.4, 0.5) is 5.69 Å². The molecule has 0 fully saturated rings. The van der Waals surface area contributed by atoms with Gasteiger partial charge in [0.2, 0.25) is 0 Å². The van der Waals surface area contributed by atoms with Crippen LogP contribution in [0.25, 0.3) is 0 Å². The Labute approximate surface area is 207 Å². The van der Waals surface area contributed by atoms with Crippen molar-refractivity contribution in [3.05, 3.63) is 60.2 Å². The van der Waals surface area contributed by atoms with Crippen LogP contribution in [0.2, 0.25) is 18.1 Å². The molecule has 0 heterocycles. The molecule has 1 N–H and O–H groups in total. The minimum absolute atomic E-state index is 0.123. The number of Topliss-reactive ketones (excluding diaryl/α,β-unsaturated/α-hetero) is 1. The Hall–Kier alpha value is -2.15. The van der Waals surface area contributed by atoms with Crippen LogP contribution in [0.5, 0.6) is 5.75 Å². The zero-order chi connectivity index (χ0) is 25.2. The quantitative estimate of drug-likeness (QED) is 0.234. The second-order valence-corrected chi connectivity index (χ2v) is 15.3. The van der Waals surface area contributed by atoms with Gasteiger partial charge in [-0.2, -0.15) is 0 Å². The van der Waals surface area contributed by atoms with E-state index in [2.05, 4.69) is 51.3 Å². The average molecular weight is 486 g/mol. The molecule has 0 spiro atoms. The van der Waals surface area contributed by atoms with E-state index in [-0.39, 0.29) is 23.0 Å². The second-order valence-electron chi connectivity index (χ2n) is 10.4. The maximum Gasteiger partial charge on any atom is 0.191 e. The van der Waals surface area contributed by atoms with E-state index in [4.69, 9.17) is 13.9 Å². The first-order valence-electron chi connectivity index (χ1n) is 12.2.